The van der Waals surface area contributed by atoms with E-state index in [2.05, 4.69) is 15.2 Å². The van der Waals surface area contributed by atoms with E-state index in [1.807, 2.05) is 29.6 Å². The van der Waals surface area contributed by atoms with Gasteiger partial charge in [0.2, 0.25) is 5.91 Å². The highest BCUT2D eigenvalue weighted by atomic mass is 32.1. The van der Waals surface area contributed by atoms with Crippen LogP contribution in [-0.4, -0.2) is 27.9 Å². The molecule has 4 rings (SSSR count). The molecule has 2 aromatic heterocycles. The zero-order valence-corrected chi connectivity index (χ0v) is 16.6. The van der Waals surface area contributed by atoms with E-state index in [1.54, 1.807) is 6.07 Å². The minimum atomic E-state index is -0.0830. The maximum atomic E-state index is 12.2. The van der Waals surface area contributed by atoms with Gasteiger partial charge in [-0.25, -0.2) is 4.98 Å². The molecule has 2 N–H and O–H groups in total. The Kier molecular flexibility index (Phi) is 5.71. The van der Waals surface area contributed by atoms with Crippen molar-refractivity contribution >= 4 is 39.9 Å². The van der Waals surface area contributed by atoms with Gasteiger partial charge in [-0.05, 0) is 48.9 Å². The van der Waals surface area contributed by atoms with Gasteiger partial charge in [0.25, 0.3) is 5.91 Å². The third kappa shape index (κ3) is 4.25. The summed E-state index contributed by atoms with van der Waals surface area (Å²) in [7, 11) is 0. The number of fused-ring (bicyclic) bond motifs is 3. The van der Waals surface area contributed by atoms with Gasteiger partial charge in [-0.3, -0.25) is 9.59 Å². The summed E-state index contributed by atoms with van der Waals surface area (Å²) in [4.78, 5) is 29.5. The molecule has 28 heavy (non-hydrogen) atoms. The lowest BCUT2D eigenvalue weighted by molar-refractivity contribution is -0.116. The number of hydrogen-bond acceptors (Lipinski definition) is 4. The molecule has 146 valence electrons. The molecule has 0 aliphatic carbocycles. The summed E-state index contributed by atoms with van der Waals surface area (Å²) in [6, 6.07) is 9.58. The summed E-state index contributed by atoms with van der Waals surface area (Å²) >= 11 is 1.41. The SMILES string of the molecule is O=C(CCCNC(=O)c1cccs1)Nc1ccc2c(c1)nc1n2CCCCC1. The zero-order chi connectivity index (χ0) is 19.3. The number of nitrogens with zero attached hydrogens (tertiary/aromatic N) is 2. The zero-order valence-electron chi connectivity index (χ0n) is 15.7. The van der Waals surface area contributed by atoms with Gasteiger partial charge in [0.1, 0.15) is 5.82 Å². The number of aryl methyl sites for hydroxylation is 2. The molecule has 0 spiro atoms. The van der Waals surface area contributed by atoms with Gasteiger partial charge in [-0.1, -0.05) is 12.5 Å². The first-order chi connectivity index (χ1) is 13.7. The van der Waals surface area contributed by atoms with Crippen LogP contribution >= 0.6 is 11.3 Å². The molecule has 7 heteroatoms. The van der Waals surface area contributed by atoms with Gasteiger partial charge >= 0.3 is 0 Å². The molecule has 0 unspecified atom stereocenters. The quantitative estimate of drug-likeness (QED) is 0.619. The number of benzene rings is 1. The van der Waals surface area contributed by atoms with Crippen LogP contribution in [0, 0.1) is 0 Å². The minimum absolute atomic E-state index is 0.0505. The smallest absolute Gasteiger partial charge is 0.261 e. The molecule has 1 aliphatic rings. The number of carbonyl (C=O) groups excluding carboxylic acids is 2. The summed E-state index contributed by atoms with van der Waals surface area (Å²) in [5, 5.41) is 7.66. The normalized spacial score (nSPS) is 13.7. The highest BCUT2D eigenvalue weighted by molar-refractivity contribution is 7.12. The van der Waals surface area contributed by atoms with Crippen molar-refractivity contribution in [3.05, 3.63) is 46.4 Å². The molecule has 0 fully saturated rings. The highest BCUT2D eigenvalue weighted by Gasteiger charge is 2.14. The van der Waals surface area contributed by atoms with Crippen LogP contribution in [0.15, 0.2) is 35.7 Å². The van der Waals surface area contributed by atoms with Crippen molar-refractivity contribution in [2.45, 2.75) is 45.1 Å². The first-order valence-electron chi connectivity index (χ1n) is 9.81. The number of imidazole rings is 1. The Bertz CT molecular complexity index is 978. The monoisotopic (exact) mass is 396 g/mol. The van der Waals surface area contributed by atoms with E-state index in [4.69, 9.17) is 4.98 Å². The van der Waals surface area contributed by atoms with Crippen LogP contribution in [0.4, 0.5) is 5.69 Å². The van der Waals surface area contributed by atoms with Crippen molar-refractivity contribution in [1.82, 2.24) is 14.9 Å². The van der Waals surface area contributed by atoms with Gasteiger partial charge < -0.3 is 15.2 Å². The Hall–Kier alpha value is -2.67. The first kappa shape index (κ1) is 18.7. The number of hydrogen-bond donors (Lipinski definition) is 2. The Morgan fingerprint density at radius 3 is 2.96 bits per heavy atom. The van der Waals surface area contributed by atoms with Crippen LogP contribution in [0.3, 0.4) is 0 Å². The molecule has 0 saturated heterocycles. The number of aromatic nitrogens is 2. The van der Waals surface area contributed by atoms with Gasteiger partial charge in [0, 0.05) is 31.6 Å². The highest BCUT2D eigenvalue weighted by Crippen LogP contribution is 2.24. The fraction of sp³-hybridized carbons (Fsp3) is 0.381. The molecule has 1 aromatic carbocycles. The molecule has 0 bridgehead atoms. The summed E-state index contributed by atoms with van der Waals surface area (Å²) < 4.78 is 2.31. The number of amides is 2. The second kappa shape index (κ2) is 8.56. The molecule has 0 saturated carbocycles. The van der Waals surface area contributed by atoms with Crippen molar-refractivity contribution in [3.8, 4) is 0 Å². The van der Waals surface area contributed by atoms with Crippen molar-refractivity contribution in [3.63, 3.8) is 0 Å². The Labute approximate surface area is 168 Å². The van der Waals surface area contributed by atoms with E-state index in [1.165, 1.54) is 30.6 Å². The number of thiophene rings is 1. The lowest BCUT2D eigenvalue weighted by atomic mass is 10.2. The summed E-state index contributed by atoms with van der Waals surface area (Å²) in [5.41, 5.74) is 2.86. The third-order valence-electron chi connectivity index (χ3n) is 5.00. The average Bonchev–Trinajstić information content (AvgIpc) is 3.28. The molecule has 3 heterocycles. The second-order valence-corrected chi connectivity index (χ2v) is 8.03. The largest absolute Gasteiger partial charge is 0.351 e. The van der Waals surface area contributed by atoms with E-state index in [-0.39, 0.29) is 11.8 Å². The van der Waals surface area contributed by atoms with E-state index in [0.29, 0.717) is 24.3 Å². The molecule has 3 aromatic rings. The lowest BCUT2D eigenvalue weighted by Gasteiger charge is -2.07. The van der Waals surface area contributed by atoms with Crippen LogP contribution in [0.25, 0.3) is 11.0 Å². The molecule has 2 amide bonds. The Balaban J connectivity index is 1.29. The maximum Gasteiger partial charge on any atom is 0.261 e. The second-order valence-electron chi connectivity index (χ2n) is 7.08. The van der Waals surface area contributed by atoms with Gasteiger partial charge in [-0.15, -0.1) is 11.3 Å². The van der Waals surface area contributed by atoms with Crippen molar-refractivity contribution in [1.29, 1.82) is 0 Å². The third-order valence-corrected chi connectivity index (χ3v) is 5.87. The molecular weight excluding hydrogens is 372 g/mol. The van der Waals surface area contributed by atoms with Crippen LogP contribution in [0.2, 0.25) is 0 Å². The number of nitrogens with one attached hydrogen (secondary N) is 2. The van der Waals surface area contributed by atoms with Gasteiger partial charge in [-0.2, -0.15) is 0 Å². The lowest BCUT2D eigenvalue weighted by Crippen LogP contribution is -2.24. The minimum Gasteiger partial charge on any atom is -0.351 e. The van der Waals surface area contributed by atoms with E-state index >= 15 is 0 Å². The van der Waals surface area contributed by atoms with Crippen LogP contribution in [-0.2, 0) is 17.8 Å². The number of rotatable bonds is 6. The average molecular weight is 397 g/mol. The molecular formula is C21H24N4O2S. The van der Waals surface area contributed by atoms with E-state index in [9.17, 15) is 9.59 Å². The Morgan fingerprint density at radius 1 is 1.18 bits per heavy atom. The van der Waals surface area contributed by atoms with Gasteiger partial charge in [0.05, 0.1) is 15.9 Å². The van der Waals surface area contributed by atoms with E-state index in [0.717, 1.165) is 35.5 Å². The van der Waals surface area contributed by atoms with Crippen molar-refractivity contribution in [2.75, 3.05) is 11.9 Å². The molecule has 1 aliphatic heterocycles. The summed E-state index contributed by atoms with van der Waals surface area (Å²) in [5.74, 6) is 1.02. The number of anilines is 1. The molecule has 0 radical (unpaired) electrons. The standard InChI is InChI=1S/C21H24N4O2S/c26-20(8-4-11-22-21(27)18-6-5-13-28-18)23-15-9-10-17-16(14-15)24-19-7-2-1-3-12-25(17)19/h5-6,9-10,13-14H,1-4,7-8,11-12H2,(H,22,27)(H,23,26). The Morgan fingerprint density at radius 2 is 2.11 bits per heavy atom. The topological polar surface area (TPSA) is 76.0 Å². The molecule has 6 nitrogen and oxygen atoms in total. The molecule has 0 atom stereocenters. The summed E-state index contributed by atoms with van der Waals surface area (Å²) in [6.45, 7) is 1.51. The summed E-state index contributed by atoms with van der Waals surface area (Å²) in [6.07, 6.45) is 5.63. The fourth-order valence-electron chi connectivity index (χ4n) is 3.60. The predicted molar refractivity (Wildman–Crippen MR) is 112 cm³/mol. The van der Waals surface area contributed by atoms with Crippen LogP contribution in [0.1, 0.15) is 47.6 Å². The van der Waals surface area contributed by atoms with Crippen LogP contribution < -0.4 is 10.6 Å². The maximum absolute atomic E-state index is 12.2. The first-order valence-corrected chi connectivity index (χ1v) is 10.7. The van der Waals surface area contributed by atoms with Crippen LogP contribution in [0.5, 0.6) is 0 Å². The van der Waals surface area contributed by atoms with E-state index < -0.39 is 0 Å². The predicted octanol–water partition coefficient (Wildman–Crippen LogP) is 3.97. The number of carbonyl (C=O) groups is 2. The van der Waals surface area contributed by atoms with Gasteiger partial charge in [0.15, 0.2) is 0 Å². The fourth-order valence-corrected chi connectivity index (χ4v) is 4.24. The van der Waals surface area contributed by atoms with Crippen molar-refractivity contribution in [2.24, 2.45) is 0 Å². The van der Waals surface area contributed by atoms with Crippen molar-refractivity contribution < 1.29 is 9.59 Å².